The van der Waals surface area contributed by atoms with Gasteiger partial charge in [-0.15, -0.1) is 0 Å². The van der Waals surface area contributed by atoms with Crippen LogP contribution in [0.4, 0.5) is 0 Å². The van der Waals surface area contributed by atoms with Crippen LogP contribution in [0.1, 0.15) is 18.1 Å². The predicted octanol–water partition coefficient (Wildman–Crippen LogP) is 2.26. The van der Waals surface area contributed by atoms with Crippen molar-refractivity contribution in [2.24, 2.45) is 0 Å². The molecule has 1 heterocycles. The van der Waals surface area contributed by atoms with Crippen molar-refractivity contribution in [3.63, 3.8) is 0 Å². The Balaban J connectivity index is 1.90. The zero-order valence-electron chi connectivity index (χ0n) is 15.2. The zero-order chi connectivity index (χ0) is 18.8. The zero-order valence-corrected chi connectivity index (χ0v) is 15.2. The molecular formula is C19H23N3O4. The number of hydrogen-bond donors (Lipinski definition) is 1. The van der Waals surface area contributed by atoms with E-state index in [1.165, 1.54) is 26.5 Å². The number of para-hydroxylation sites is 1. The number of benzene rings is 1. The van der Waals surface area contributed by atoms with Gasteiger partial charge in [0.15, 0.2) is 0 Å². The van der Waals surface area contributed by atoms with Crippen LogP contribution in [0.3, 0.4) is 0 Å². The molecular weight excluding hydrogens is 334 g/mol. The molecule has 0 saturated carbocycles. The first-order valence-electron chi connectivity index (χ1n) is 8.29. The Kier molecular flexibility index (Phi) is 7.42. The molecule has 0 radical (unpaired) electrons. The molecule has 0 saturated heterocycles. The second-order valence-electron chi connectivity index (χ2n) is 5.24. The second-order valence-corrected chi connectivity index (χ2v) is 5.24. The van der Waals surface area contributed by atoms with Crippen LogP contribution in [0.2, 0.25) is 0 Å². The van der Waals surface area contributed by atoms with Gasteiger partial charge in [0.25, 0.3) is 0 Å². The first kappa shape index (κ1) is 19.2. The summed E-state index contributed by atoms with van der Waals surface area (Å²) in [5, 5.41) is 2.84. The minimum Gasteiger partial charge on any atom is -0.494 e. The Morgan fingerprint density at radius 3 is 2.77 bits per heavy atom. The van der Waals surface area contributed by atoms with Crippen LogP contribution in [0.25, 0.3) is 6.08 Å². The van der Waals surface area contributed by atoms with E-state index in [2.05, 4.69) is 15.3 Å². The lowest BCUT2D eigenvalue weighted by Gasteiger charge is -2.10. The fourth-order valence-electron chi connectivity index (χ4n) is 2.29. The standard InChI is InChI=1S/C19H23N3O4/c1-4-26-16-8-6-5-7-14(16)11-12-20-17(23)10-9-15-13-21-19(25-3)22-18(15)24-2/h5-10,13H,4,11-12H2,1-3H3,(H,20,23)/b10-9+. The van der Waals surface area contributed by atoms with Gasteiger partial charge in [-0.3, -0.25) is 4.79 Å². The van der Waals surface area contributed by atoms with E-state index < -0.39 is 0 Å². The Bertz CT molecular complexity index is 762. The molecule has 2 rings (SSSR count). The fraction of sp³-hybridized carbons (Fsp3) is 0.316. The molecule has 0 fully saturated rings. The molecule has 138 valence electrons. The summed E-state index contributed by atoms with van der Waals surface area (Å²) < 4.78 is 15.7. The summed E-state index contributed by atoms with van der Waals surface area (Å²) >= 11 is 0. The van der Waals surface area contributed by atoms with E-state index in [0.29, 0.717) is 31.0 Å². The molecule has 0 bridgehead atoms. The molecule has 1 N–H and O–H groups in total. The monoisotopic (exact) mass is 357 g/mol. The van der Waals surface area contributed by atoms with E-state index in [9.17, 15) is 4.79 Å². The number of carbonyl (C=O) groups excluding carboxylic acids is 1. The lowest BCUT2D eigenvalue weighted by atomic mass is 10.1. The average molecular weight is 357 g/mol. The Morgan fingerprint density at radius 2 is 2.04 bits per heavy atom. The highest BCUT2D eigenvalue weighted by Crippen LogP contribution is 2.19. The third kappa shape index (κ3) is 5.47. The molecule has 26 heavy (non-hydrogen) atoms. The molecule has 2 aromatic rings. The van der Waals surface area contributed by atoms with Crippen LogP contribution in [-0.2, 0) is 11.2 Å². The lowest BCUT2D eigenvalue weighted by molar-refractivity contribution is -0.116. The quantitative estimate of drug-likeness (QED) is 0.693. The maximum absolute atomic E-state index is 12.0. The van der Waals surface area contributed by atoms with E-state index in [1.54, 1.807) is 6.08 Å². The SMILES string of the molecule is CCOc1ccccc1CCNC(=O)/C=C/c1cnc(OC)nc1OC. The van der Waals surface area contributed by atoms with Gasteiger partial charge in [-0.2, -0.15) is 4.98 Å². The Morgan fingerprint density at radius 1 is 1.23 bits per heavy atom. The van der Waals surface area contributed by atoms with Crippen molar-refractivity contribution in [1.29, 1.82) is 0 Å². The van der Waals surface area contributed by atoms with Crippen molar-refractivity contribution in [1.82, 2.24) is 15.3 Å². The summed E-state index contributed by atoms with van der Waals surface area (Å²) in [6, 6.07) is 8.01. The van der Waals surface area contributed by atoms with Gasteiger partial charge in [-0.1, -0.05) is 18.2 Å². The summed E-state index contributed by atoms with van der Waals surface area (Å²) in [5.74, 6) is 0.975. The van der Waals surface area contributed by atoms with Crippen molar-refractivity contribution in [2.45, 2.75) is 13.3 Å². The van der Waals surface area contributed by atoms with Gasteiger partial charge in [0.05, 0.1) is 26.4 Å². The van der Waals surface area contributed by atoms with E-state index >= 15 is 0 Å². The molecule has 0 aliphatic heterocycles. The number of rotatable bonds is 9. The first-order chi connectivity index (χ1) is 12.7. The van der Waals surface area contributed by atoms with E-state index in [4.69, 9.17) is 14.2 Å². The highest BCUT2D eigenvalue weighted by atomic mass is 16.5. The minimum atomic E-state index is -0.211. The van der Waals surface area contributed by atoms with Crippen LogP contribution in [-0.4, -0.2) is 43.2 Å². The Hall–Kier alpha value is -3.09. The van der Waals surface area contributed by atoms with Gasteiger partial charge < -0.3 is 19.5 Å². The third-order valence-electron chi connectivity index (χ3n) is 3.51. The molecule has 0 unspecified atom stereocenters. The number of methoxy groups -OCH3 is 2. The summed E-state index contributed by atoms with van der Waals surface area (Å²) in [7, 11) is 2.97. The largest absolute Gasteiger partial charge is 0.494 e. The van der Waals surface area contributed by atoms with Gasteiger partial charge in [0.2, 0.25) is 11.8 Å². The highest BCUT2D eigenvalue weighted by Gasteiger charge is 2.06. The van der Waals surface area contributed by atoms with Crippen LogP contribution < -0.4 is 19.5 Å². The topological polar surface area (TPSA) is 82.6 Å². The number of amides is 1. The van der Waals surface area contributed by atoms with E-state index in [-0.39, 0.29) is 11.9 Å². The van der Waals surface area contributed by atoms with Crippen molar-refractivity contribution < 1.29 is 19.0 Å². The van der Waals surface area contributed by atoms with Gasteiger partial charge in [0, 0.05) is 18.8 Å². The molecule has 0 aliphatic rings. The Labute approximate surface area is 153 Å². The van der Waals surface area contributed by atoms with E-state index in [0.717, 1.165) is 11.3 Å². The fourth-order valence-corrected chi connectivity index (χ4v) is 2.29. The van der Waals surface area contributed by atoms with Gasteiger partial charge >= 0.3 is 6.01 Å². The number of nitrogens with one attached hydrogen (secondary N) is 1. The molecule has 0 atom stereocenters. The highest BCUT2D eigenvalue weighted by molar-refractivity contribution is 5.91. The smallest absolute Gasteiger partial charge is 0.319 e. The molecule has 1 amide bonds. The van der Waals surface area contributed by atoms with Crippen LogP contribution in [0.5, 0.6) is 17.6 Å². The minimum absolute atomic E-state index is 0.205. The summed E-state index contributed by atoms with van der Waals surface area (Å²) in [4.78, 5) is 20.1. The summed E-state index contributed by atoms with van der Waals surface area (Å²) in [6.07, 6.45) is 5.24. The molecule has 0 spiro atoms. The summed E-state index contributed by atoms with van der Waals surface area (Å²) in [5.41, 5.74) is 1.65. The van der Waals surface area contributed by atoms with Crippen molar-refractivity contribution in [3.8, 4) is 17.6 Å². The molecule has 7 heteroatoms. The number of nitrogens with zero attached hydrogens (tertiary/aromatic N) is 2. The lowest BCUT2D eigenvalue weighted by Crippen LogP contribution is -2.23. The first-order valence-corrected chi connectivity index (χ1v) is 8.29. The normalized spacial score (nSPS) is 10.6. The third-order valence-corrected chi connectivity index (χ3v) is 3.51. The van der Waals surface area contributed by atoms with E-state index in [1.807, 2.05) is 31.2 Å². The number of ether oxygens (including phenoxy) is 3. The maximum atomic E-state index is 12.0. The molecule has 1 aromatic heterocycles. The number of carbonyl (C=O) groups is 1. The predicted molar refractivity (Wildman–Crippen MR) is 98.5 cm³/mol. The van der Waals surface area contributed by atoms with Crippen molar-refractivity contribution >= 4 is 12.0 Å². The van der Waals surface area contributed by atoms with Crippen LogP contribution in [0, 0.1) is 0 Å². The molecule has 0 aliphatic carbocycles. The second kappa shape index (κ2) is 10.0. The van der Waals surface area contributed by atoms with Gasteiger partial charge in [-0.05, 0) is 31.1 Å². The van der Waals surface area contributed by atoms with Gasteiger partial charge in [0.1, 0.15) is 5.75 Å². The number of hydrogen-bond acceptors (Lipinski definition) is 6. The number of aromatic nitrogens is 2. The average Bonchev–Trinajstić information content (AvgIpc) is 2.67. The van der Waals surface area contributed by atoms with Crippen LogP contribution in [0.15, 0.2) is 36.5 Å². The van der Waals surface area contributed by atoms with Crippen LogP contribution >= 0.6 is 0 Å². The molecule has 1 aromatic carbocycles. The maximum Gasteiger partial charge on any atom is 0.319 e. The van der Waals surface area contributed by atoms with Crippen molar-refractivity contribution in [3.05, 3.63) is 47.7 Å². The van der Waals surface area contributed by atoms with Gasteiger partial charge in [-0.25, -0.2) is 4.98 Å². The summed E-state index contributed by atoms with van der Waals surface area (Å²) in [6.45, 7) is 3.06. The van der Waals surface area contributed by atoms with Crippen molar-refractivity contribution in [2.75, 3.05) is 27.4 Å². The molecule has 7 nitrogen and oxygen atoms in total.